The highest BCUT2D eigenvalue weighted by Crippen LogP contribution is 2.28. The third-order valence-corrected chi connectivity index (χ3v) is 4.57. The van der Waals surface area contributed by atoms with Crippen molar-refractivity contribution in [1.29, 1.82) is 0 Å². The van der Waals surface area contributed by atoms with Gasteiger partial charge in [0.1, 0.15) is 6.04 Å². The fourth-order valence-electron chi connectivity index (χ4n) is 2.86. The highest BCUT2D eigenvalue weighted by molar-refractivity contribution is 7.80. The number of hydrogen-bond donors (Lipinski definition) is 2. The molecule has 1 heterocycles. The Morgan fingerprint density at radius 2 is 2.05 bits per heavy atom. The van der Waals surface area contributed by atoms with Crippen LogP contribution < -0.4 is 0 Å². The van der Waals surface area contributed by atoms with E-state index in [0.29, 0.717) is 18.7 Å². The Hall–Kier alpha value is -1.49. The lowest BCUT2D eigenvalue weighted by molar-refractivity contribution is -0.149. The summed E-state index contributed by atoms with van der Waals surface area (Å²) in [6, 6.07) is 9.29. The fraction of sp³-hybridized carbons (Fsp3) is 0.500. The number of rotatable bonds is 5. The van der Waals surface area contributed by atoms with Gasteiger partial charge in [0.05, 0.1) is 0 Å². The van der Waals surface area contributed by atoms with Gasteiger partial charge in [-0.15, -0.1) is 0 Å². The minimum Gasteiger partial charge on any atom is -0.480 e. The van der Waals surface area contributed by atoms with Crippen LogP contribution in [0.1, 0.15) is 18.9 Å². The lowest BCUT2D eigenvalue weighted by atomic mass is 9.97. The van der Waals surface area contributed by atoms with Crippen LogP contribution in [0.5, 0.6) is 0 Å². The lowest BCUT2D eigenvalue weighted by Gasteiger charge is -2.24. The number of hydrogen-bond acceptors (Lipinski definition) is 3. The first kappa shape index (κ1) is 15.9. The van der Waals surface area contributed by atoms with Crippen molar-refractivity contribution in [2.45, 2.75) is 25.8 Å². The second-order valence-electron chi connectivity index (χ2n) is 5.72. The molecule has 1 aliphatic rings. The largest absolute Gasteiger partial charge is 0.480 e. The van der Waals surface area contributed by atoms with Gasteiger partial charge in [-0.05, 0) is 24.3 Å². The first-order valence-corrected chi connectivity index (χ1v) is 7.84. The maximum atomic E-state index is 12.3. The molecule has 5 heteroatoms. The SMILES string of the molecule is CC(CS)C(=O)N1CC(Cc2ccccc2)C[C@H]1C(=O)O. The number of aliphatic carboxylic acids is 1. The number of likely N-dealkylation sites (tertiary alicyclic amines) is 1. The quantitative estimate of drug-likeness (QED) is 0.819. The van der Waals surface area contributed by atoms with E-state index in [-0.39, 0.29) is 17.7 Å². The molecule has 0 spiro atoms. The van der Waals surface area contributed by atoms with Crippen LogP contribution in [-0.2, 0) is 16.0 Å². The fourth-order valence-corrected chi connectivity index (χ4v) is 3.01. The van der Waals surface area contributed by atoms with E-state index in [1.165, 1.54) is 10.5 Å². The number of carboxylic acid groups (broad SMARTS) is 1. The summed E-state index contributed by atoms with van der Waals surface area (Å²) < 4.78 is 0. The smallest absolute Gasteiger partial charge is 0.326 e. The van der Waals surface area contributed by atoms with Crippen molar-refractivity contribution in [2.75, 3.05) is 12.3 Å². The van der Waals surface area contributed by atoms with Crippen molar-refractivity contribution in [3.05, 3.63) is 35.9 Å². The number of benzene rings is 1. The van der Waals surface area contributed by atoms with Crippen molar-refractivity contribution >= 4 is 24.5 Å². The maximum Gasteiger partial charge on any atom is 0.326 e. The zero-order valence-corrected chi connectivity index (χ0v) is 13.0. The molecule has 0 aromatic heterocycles. The van der Waals surface area contributed by atoms with Gasteiger partial charge < -0.3 is 10.0 Å². The number of nitrogens with zero attached hydrogens (tertiary/aromatic N) is 1. The van der Waals surface area contributed by atoms with Gasteiger partial charge in [0, 0.05) is 18.2 Å². The van der Waals surface area contributed by atoms with E-state index in [1.807, 2.05) is 30.3 Å². The third-order valence-electron chi connectivity index (χ3n) is 4.02. The molecule has 0 bridgehead atoms. The van der Waals surface area contributed by atoms with E-state index in [0.717, 1.165) is 6.42 Å². The summed E-state index contributed by atoms with van der Waals surface area (Å²) in [6.07, 6.45) is 1.33. The lowest BCUT2D eigenvalue weighted by Crippen LogP contribution is -2.43. The molecule has 2 rings (SSSR count). The molecule has 0 aliphatic carbocycles. The minimum atomic E-state index is -0.912. The van der Waals surface area contributed by atoms with Crippen LogP contribution in [0.25, 0.3) is 0 Å². The van der Waals surface area contributed by atoms with E-state index in [1.54, 1.807) is 6.92 Å². The molecular formula is C16H21NO3S. The van der Waals surface area contributed by atoms with Gasteiger partial charge in [-0.3, -0.25) is 4.79 Å². The summed E-state index contributed by atoms with van der Waals surface area (Å²) in [5, 5.41) is 9.36. The summed E-state index contributed by atoms with van der Waals surface area (Å²) in [5.41, 5.74) is 1.18. The van der Waals surface area contributed by atoms with Gasteiger partial charge >= 0.3 is 5.97 Å². The molecule has 0 radical (unpaired) electrons. The van der Waals surface area contributed by atoms with Gasteiger partial charge in [-0.1, -0.05) is 37.3 Å². The van der Waals surface area contributed by atoms with Crippen molar-refractivity contribution in [3.63, 3.8) is 0 Å². The van der Waals surface area contributed by atoms with Crippen molar-refractivity contribution in [3.8, 4) is 0 Å². The summed E-state index contributed by atoms with van der Waals surface area (Å²) in [5.74, 6) is -0.626. The molecule has 114 valence electrons. The highest BCUT2D eigenvalue weighted by Gasteiger charge is 2.40. The number of thiol groups is 1. The molecule has 21 heavy (non-hydrogen) atoms. The minimum absolute atomic E-state index is 0.104. The molecule has 1 aromatic carbocycles. The molecule has 1 fully saturated rings. The van der Waals surface area contributed by atoms with Gasteiger partial charge in [0.15, 0.2) is 0 Å². The molecule has 2 unspecified atom stereocenters. The van der Waals surface area contributed by atoms with Gasteiger partial charge in [0.2, 0.25) is 5.91 Å². The van der Waals surface area contributed by atoms with Crippen LogP contribution in [0.3, 0.4) is 0 Å². The van der Waals surface area contributed by atoms with Crippen LogP contribution >= 0.6 is 12.6 Å². The Morgan fingerprint density at radius 1 is 1.38 bits per heavy atom. The molecular weight excluding hydrogens is 286 g/mol. The van der Waals surface area contributed by atoms with Crippen LogP contribution in [0.15, 0.2) is 30.3 Å². The Kier molecular flexibility index (Phi) is 5.28. The molecule has 3 atom stereocenters. The summed E-state index contributed by atoms with van der Waals surface area (Å²) in [4.78, 5) is 25.2. The summed E-state index contributed by atoms with van der Waals surface area (Å²) >= 11 is 4.14. The number of carbonyl (C=O) groups excluding carboxylic acids is 1. The van der Waals surface area contributed by atoms with Gasteiger partial charge in [0.25, 0.3) is 0 Å². The van der Waals surface area contributed by atoms with Crippen LogP contribution in [0, 0.1) is 11.8 Å². The Morgan fingerprint density at radius 3 is 2.62 bits per heavy atom. The third kappa shape index (κ3) is 3.79. The first-order chi connectivity index (χ1) is 10.0. The van der Waals surface area contributed by atoms with E-state index < -0.39 is 12.0 Å². The molecule has 1 amide bonds. The summed E-state index contributed by atoms with van der Waals surface area (Å²) in [7, 11) is 0. The molecule has 1 N–H and O–H groups in total. The zero-order valence-electron chi connectivity index (χ0n) is 12.1. The Balaban J connectivity index is 2.08. The van der Waals surface area contributed by atoms with E-state index in [2.05, 4.69) is 12.6 Å². The van der Waals surface area contributed by atoms with Crippen LogP contribution in [-0.4, -0.2) is 40.2 Å². The van der Waals surface area contributed by atoms with Crippen molar-refractivity contribution < 1.29 is 14.7 Å². The topological polar surface area (TPSA) is 57.6 Å². The molecule has 4 nitrogen and oxygen atoms in total. The normalized spacial score (nSPS) is 23.0. The standard InChI is InChI=1S/C16H21NO3S/c1-11(10-21)15(18)17-9-13(8-14(17)16(19)20)7-12-5-3-2-4-6-12/h2-6,11,13-14,21H,7-10H2,1H3,(H,19,20)/t11?,13?,14-/m0/s1. The predicted molar refractivity (Wildman–Crippen MR) is 84.4 cm³/mol. The van der Waals surface area contributed by atoms with E-state index >= 15 is 0 Å². The maximum absolute atomic E-state index is 12.3. The summed E-state index contributed by atoms with van der Waals surface area (Å²) in [6.45, 7) is 2.31. The Labute approximate surface area is 130 Å². The molecule has 1 saturated heterocycles. The molecule has 0 saturated carbocycles. The van der Waals surface area contributed by atoms with Crippen molar-refractivity contribution in [2.24, 2.45) is 11.8 Å². The number of carbonyl (C=O) groups is 2. The molecule has 1 aliphatic heterocycles. The van der Waals surface area contributed by atoms with E-state index in [4.69, 9.17) is 0 Å². The highest BCUT2D eigenvalue weighted by atomic mass is 32.1. The predicted octanol–water partition coefficient (Wildman–Crippen LogP) is 2.10. The molecule has 1 aromatic rings. The monoisotopic (exact) mass is 307 g/mol. The van der Waals surface area contributed by atoms with Gasteiger partial charge in [-0.25, -0.2) is 4.79 Å². The van der Waals surface area contributed by atoms with E-state index in [9.17, 15) is 14.7 Å². The second-order valence-corrected chi connectivity index (χ2v) is 6.08. The van der Waals surface area contributed by atoms with Crippen LogP contribution in [0.2, 0.25) is 0 Å². The van der Waals surface area contributed by atoms with Gasteiger partial charge in [-0.2, -0.15) is 12.6 Å². The number of amides is 1. The average molecular weight is 307 g/mol. The second kappa shape index (κ2) is 6.98. The zero-order chi connectivity index (χ0) is 15.4. The average Bonchev–Trinajstić information content (AvgIpc) is 2.90. The van der Waals surface area contributed by atoms with Crippen LogP contribution in [0.4, 0.5) is 0 Å². The van der Waals surface area contributed by atoms with Crippen molar-refractivity contribution in [1.82, 2.24) is 4.90 Å². The Bertz CT molecular complexity index is 506. The number of carboxylic acids is 1. The first-order valence-electron chi connectivity index (χ1n) is 7.21.